The average molecular weight is 319 g/mol. The molecule has 0 amide bonds. The van der Waals surface area contributed by atoms with Gasteiger partial charge in [0.05, 0.1) is 11.4 Å². The highest BCUT2D eigenvalue weighted by atomic mass is 15.3. The van der Waals surface area contributed by atoms with Crippen LogP contribution in [0, 0.1) is 6.92 Å². The van der Waals surface area contributed by atoms with Gasteiger partial charge in [0.2, 0.25) is 0 Å². The highest BCUT2D eigenvalue weighted by Gasteiger charge is 2.08. The van der Waals surface area contributed by atoms with Gasteiger partial charge < -0.3 is 5.32 Å². The average Bonchev–Trinajstić information content (AvgIpc) is 3.01. The Balaban J connectivity index is 1.54. The lowest BCUT2D eigenvalue weighted by atomic mass is 10.1. The minimum absolute atomic E-state index is 0.477. The molecule has 1 unspecified atom stereocenters. The first kappa shape index (κ1) is 16.5. The smallest absolute Gasteiger partial charge is 0.0645 e. The van der Waals surface area contributed by atoms with Crippen LogP contribution in [0.15, 0.2) is 66.9 Å². The van der Waals surface area contributed by atoms with Crippen LogP contribution in [-0.4, -0.2) is 15.8 Å². The van der Waals surface area contributed by atoms with Gasteiger partial charge in [0.25, 0.3) is 0 Å². The van der Waals surface area contributed by atoms with Crippen LogP contribution in [0.25, 0.3) is 5.69 Å². The summed E-state index contributed by atoms with van der Waals surface area (Å²) >= 11 is 0. The van der Waals surface area contributed by atoms with Crippen LogP contribution in [0.4, 0.5) is 0 Å². The molecule has 1 aromatic heterocycles. The Labute approximate surface area is 144 Å². The molecule has 3 aromatic rings. The van der Waals surface area contributed by atoms with Gasteiger partial charge in [-0.15, -0.1) is 0 Å². The van der Waals surface area contributed by atoms with Gasteiger partial charge in [-0.1, -0.05) is 48.5 Å². The molecule has 124 valence electrons. The van der Waals surface area contributed by atoms with Crippen molar-refractivity contribution in [2.45, 2.75) is 39.3 Å². The largest absolute Gasteiger partial charge is 0.310 e. The van der Waals surface area contributed by atoms with Crippen LogP contribution in [0.2, 0.25) is 0 Å². The van der Waals surface area contributed by atoms with Gasteiger partial charge in [0.1, 0.15) is 0 Å². The molecule has 3 heteroatoms. The van der Waals surface area contributed by atoms with Gasteiger partial charge >= 0.3 is 0 Å². The third-order valence-electron chi connectivity index (χ3n) is 4.37. The maximum atomic E-state index is 4.63. The van der Waals surface area contributed by atoms with Crippen molar-refractivity contribution in [2.24, 2.45) is 0 Å². The molecule has 0 spiro atoms. The molecule has 0 bridgehead atoms. The Kier molecular flexibility index (Phi) is 5.44. The molecule has 0 aliphatic carbocycles. The quantitative estimate of drug-likeness (QED) is 0.704. The molecule has 0 saturated heterocycles. The molecule has 0 aliphatic rings. The summed E-state index contributed by atoms with van der Waals surface area (Å²) in [5.41, 5.74) is 4.84. The van der Waals surface area contributed by atoms with E-state index in [-0.39, 0.29) is 0 Å². The molecule has 1 atom stereocenters. The van der Waals surface area contributed by atoms with Crippen molar-refractivity contribution in [3.8, 4) is 5.69 Å². The van der Waals surface area contributed by atoms with E-state index in [9.17, 15) is 0 Å². The summed E-state index contributed by atoms with van der Waals surface area (Å²) in [6, 6.07) is 21.4. The molecule has 24 heavy (non-hydrogen) atoms. The van der Waals surface area contributed by atoms with Crippen LogP contribution in [0.3, 0.4) is 0 Å². The van der Waals surface area contributed by atoms with E-state index in [0.29, 0.717) is 6.04 Å². The minimum Gasteiger partial charge on any atom is -0.310 e. The Morgan fingerprint density at radius 2 is 1.67 bits per heavy atom. The molecule has 0 radical (unpaired) electrons. The normalized spacial score (nSPS) is 12.2. The maximum Gasteiger partial charge on any atom is 0.0645 e. The van der Waals surface area contributed by atoms with Gasteiger partial charge in [-0.2, -0.15) is 5.10 Å². The molecule has 2 aromatic carbocycles. The van der Waals surface area contributed by atoms with Crippen molar-refractivity contribution in [3.63, 3.8) is 0 Å². The number of nitrogens with zero attached hydrogens (tertiary/aromatic N) is 2. The number of aryl methyl sites for hydroxylation is 2. The number of rotatable bonds is 7. The minimum atomic E-state index is 0.477. The molecular formula is C21H25N3. The predicted molar refractivity (Wildman–Crippen MR) is 99.4 cm³/mol. The van der Waals surface area contributed by atoms with Crippen LogP contribution in [-0.2, 0) is 13.0 Å². The van der Waals surface area contributed by atoms with E-state index < -0.39 is 0 Å². The molecule has 0 aliphatic heterocycles. The first-order chi connectivity index (χ1) is 11.7. The second-order valence-corrected chi connectivity index (χ2v) is 6.33. The third kappa shape index (κ3) is 4.33. The lowest BCUT2D eigenvalue weighted by molar-refractivity contribution is 0.513. The van der Waals surface area contributed by atoms with Crippen molar-refractivity contribution < 1.29 is 0 Å². The van der Waals surface area contributed by atoms with E-state index >= 15 is 0 Å². The number of para-hydroxylation sites is 1. The van der Waals surface area contributed by atoms with Crippen LogP contribution >= 0.6 is 0 Å². The summed E-state index contributed by atoms with van der Waals surface area (Å²) in [5.74, 6) is 0. The Morgan fingerprint density at radius 1 is 1.00 bits per heavy atom. The monoisotopic (exact) mass is 319 g/mol. The number of nitrogens with one attached hydrogen (secondary N) is 1. The van der Waals surface area contributed by atoms with Crippen molar-refractivity contribution in [2.75, 3.05) is 0 Å². The van der Waals surface area contributed by atoms with Crippen molar-refractivity contribution in [1.29, 1.82) is 0 Å². The fourth-order valence-electron chi connectivity index (χ4n) is 2.80. The number of benzene rings is 2. The summed E-state index contributed by atoms with van der Waals surface area (Å²) in [4.78, 5) is 0. The van der Waals surface area contributed by atoms with Gasteiger partial charge in [0, 0.05) is 24.3 Å². The van der Waals surface area contributed by atoms with Gasteiger partial charge in [-0.05, 0) is 44.4 Å². The first-order valence-electron chi connectivity index (χ1n) is 8.60. The molecule has 0 fully saturated rings. The Bertz CT molecular complexity index is 747. The molecular weight excluding hydrogens is 294 g/mol. The van der Waals surface area contributed by atoms with Gasteiger partial charge in [0.15, 0.2) is 0 Å². The van der Waals surface area contributed by atoms with Crippen molar-refractivity contribution in [1.82, 2.24) is 15.1 Å². The summed E-state index contributed by atoms with van der Waals surface area (Å²) in [5, 5.41) is 8.25. The number of aromatic nitrogens is 2. The van der Waals surface area contributed by atoms with Crippen LogP contribution < -0.4 is 5.32 Å². The highest BCUT2D eigenvalue weighted by Crippen LogP contribution is 2.12. The zero-order valence-electron chi connectivity index (χ0n) is 14.4. The maximum absolute atomic E-state index is 4.63. The van der Waals surface area contributed by atoms with E-state index in [1.165, 1.54) is 11.1 Å². The zero-order valence-corrected chi connectivity index (χ0v) is 14.4. The SMILES string of the molecule is Cc1nn(-c2ccccc2)cc1CNC(C)CCc1ccccc1. The zero-order chi connectivity index (χ0) is 16.8. The van der Waals surface area contributed by atoms with E-state index in [0.717, 1.165) is 30.8 Å². The van der Waals surface area contributed by atoms with Crippen molar-refractivity contribution in [3.05, 3.63) is 83.7 Å². The van der Waals surface area contributed by atoms with Crippen LogP contribution in [0.1, 0.15) is 30.2 Å². The molecule has 3 nitrogen and oxygen atoms in total. The number of hydrogen-bond acceptors (Lipinski definition) is 2. The van der Waals surface area contributed by atoms with E-state index in [4.69, 9.17) is 0 Å². The Morgan fingerprint density at radius 3 is 2.38 bits per heavy atom. The summed E-state index contributed by atoms with van der Waals surface area (Å²) in [6.07, 6.45) is 4.37. The van der Waals surface area contributed by atoms with E-state index in [1.807, 2.05) is 22.9 Å². The summed E-state index contributed by atoms with van der Waals surface area (Å²) in [7, 11) is 0. The standard InChI is InChI=1S/C21H25N3/c1-17(13-14-19-9-5-3-6-10-19)22-15-20-16-24(23-18(20)2)21-11-7-4-8-12-21/h3-12,16-17,22H,13-15H2,1-2H3. The number of hydrogen-bond donors (Lipinski definition) is 1. The third-order valence-corrected chi connectivity index (χ3v) is 4.37. The molecule has 0 saturated carbocycles. The first-order valence-corrected chi connectivity index (χ1v) is 8.60. The molecule has 3 rings (SSSR count). The van der Waals surface area contributed by atoms with Crippen molar-refractivity contribution >= 4 is 0 Å². The fourth-order valence-corrected chi connectivity index (χ4v) is 2.80. The lowest BCUT2D eigenvalue weighted by Gasteiger charge is -2.13. The van der Waals surface area contributed by atoms with Gasteiger partial charge in [-0.3, -0.25) is 0 Å². The second-order valence-electron chi connectivity index (χ2n) is 6.33. The molecule has 1 N–H and O–H groups in total. The second kappa shape index (κ2) is 7.93. The lowest BCUT2D eigenvalue weighted by Crippen LogP contribution is -2.26. The van der Waals surface area contributed by atoms with Gasteiger partial charge in [-0.25, -0.2) is 4.68 Å². The van der Waals surface area contributed by atoms with Crippen LogP contribution in [0.5, 0.6) is 0 Å². The Hall–Kier alpha value is -2.39. The van der Waals surface area contributed by atoms with E-state index in [1.54, 1.807) is 0 Å². The van der Waals surface area contributed by atoms with E-state index in [2.05, 4.69) is 72.9 Å². The highest BCUT2D eigenvalue weighted by molar-refractivity contribution is 5.32. The summed E-state index contributed by atoms with van der Waals surface area (Å²) < 4.78 is 1.96. The molecule has 1 heterocycles. The summed E-state index contributed by atoms with van der Waals surface area (Å²) in [6.45, 7) is 5.18. The predicted octanol–water partition coefficient (Wildman–Crippen LogP) is 4.29. The fraction of sp³-hybridized carbons (Fsp3) is 0.286. The topological polar surface area (TPSA) is 29.9 Å².